The van der Waals surface area contributed by atoms with E-state index in [0.29, 0.717) is 18.4 Å². The summed E-state index contributed by atoms with van der Waals surface area (Å²) in [6, 6.07) is 1.92. The first-order valence-corrected chi connectivity index (χ1v) is 9.21. The molecule has 1 aliphatic heterocycles. The molecule has 1 saturated heterocycles. The van der Waals surface area contributed by atoms with Crippen LogP contribution in [-0.4, -0.2) is 54.6 Å². The predicted octanol–water partition coefficient (Wildman–Crippen LogP) is 1.62. The average molecular weight is 353 g/mol. The maximum Gasteiger partial charge on any atom is 0.233 e. The minimum atomic E-state index is 0.388. The van der Waals surface area contributed by atoms with Crippen molar-refractivity contribution in [3.63, 3.8) is 0 Å². The molecule has 136 valence electrons. The number of fused-ring (bicyclic) bond motifs is 1. The zero-order chi connectivity index (χ0) is 17.5. The van der Waals surface area contributed by atoms with Gasteiger partial charge in [0.1, 0.15) is 6.61 Å². The second-order valence-corrected chi connectivity index (χ2v) is 7.43. The van der Waals surface area contributed by atoms with Gasteiger partial charge in [-0.05, 0) is 30.7 Å². The molecule has 3 aromatic heterocycles. The summed E-state index contributed by atoms with van der Waals surface area (Å²) in [5, 5.41) is 7.50. The molecule has 3 aromatic rings. The Morgan fingerprint density at radius 3 is 3.00 bits per heavy atom. The summed E-state index contributed by atoms with van der Waals surface area (Å²) in [7, 11) is 1.68. The Hall–Kier alpha value is -2.32. The molecule has 8 heteroatoms. The third-order valence-corrected chi connectivity index (χ3v) is 5.50. The van der Waals surface area contributed by atoms with Gasteiger partial charge in [0.2, 0.25) is 5.78 Å². The van der Waals surface area contributed by atoms with E-state index in [9.17, 15) is 0 Å². The normalized spacial score (nSPS) is 23.9. The molecule has 0 bridgehead atoms. The summed E-state index contributed by atoms with van der Waals surface area (Å²) in [6.07, 6.45) is 8.52. The van der Waals surface area contributed by atoms with E-state index in [1.54, 1.807) is 13.3 Å². The third-order valence-electron chi connectivity index (χ3n) is 5.50. The van der Waals surface area contributed by atoms with Gasteiger partial charge in [-0.1, -0.05) is 0 Å². The Labute approximate surface area is 151 Å². The molecule has 1 aliphatic carbocycles. The van der Waals surface area contributed by atoms with Crippen molar-refractivity contribution in [3.05, 3.63) is 42.0 Å². The Morgan fingerprint density at radius 2 is 2.19 bits per heavy atom. The fraction of sp³-hybridized carbons (Fsp3) is 0.556. The molecule has 1 saturated carbocycles. The molecule has 0 unspecified atom stereocenters. The van der Waals surface area contributed by atoms with Gasteiger partial charge in [-0.2, -0.15) is 5.10 Å². The molecule has 26 heavy (non-hydrogen) atoms. The number of hydrogen-bond acceptors (Lipinski definition) is 6. The van der Waals surface area contributed by atoms with E-state index in [2.05, 4.69) is 36.2 Å². The fourth-order valence-corrected chi connectivity index (χ4v) is 4.18. The SMILES string of the molecule is COCc1nc([C@H]2CN(Cc3cn4cccnc4n3)C[C@@H]2C2CC2)n[nH]1. The summed E-state index contributed by atoms with van der Waals surface area (Å²) >= 11 is 0. The summed E-state index contributed by atoms with van der Waals surface area (Å²) in [4.78, 5) is 16.1. The summed E-state index contributed by atoms with van der Waals surface area (Å²) in [5.41, 5.74) is 1.06. The zero-order valence-corrected chi connectivity index (χ0v) is 14.9. The number of aromatic nitrogens is 6. The fourth-order valence-electron chi connectivity index (χ4n) is 4.18. The second-order valence-electron chi connectivity index (χ2n) is 7.43. The Balaban J connectivity index is 1.34. The van der Waals surface area contributed by atoms with Crippen molar-refractivity contribution < 1.29 is 4.74 Å². The lowest BCUT2D eigenvalue weighted by atomic mass is 9.91. The van der Waals surface area contributed by atoms with Gasteiger partial charge in [-0.15, -0.1) is 0 Å². The van der Waals surface area contributed by atoms with Crippen molar-refractivity contribution >= 4 is 5.78 Å². The number of ether oxygens (including phenoxy) is 1. The van der Waals surface area contributed by atoms with E-state index in [1.165, 1.54) is 12.8 Å². The first-order valence-electron chi connectivity index (χ1n) is 9.21. The monoisotopic (exact) mass is 353 g/mol. The number of nitrogens with one attached hydrogen (secondary N) is 1. The zero-order valence-electron chi connectivity index (χ0n) is 14.9. The Bertz CT molecular complexity index is 867. The van der Waals surface area contributed by atoms with E-state index >= 15 is 0 Å². The highest BCUT2D eigenvalue weighted by Gasteiger charge is 2.44. The van der Waals surface area contributed by atoms with Gasteiger partial charge in [0.05, 0.1) is 5.69 Å². The van der Waals surface area contributed by atoms with Crippen LogP contribution in [0.2, 0.25) is 0 Å². The molecule has 0 spiro atoms. The van der Waals surface area contributed by atoms with Crippen LogP contribution in [0.3, 0.4) is 0 Å². The van der Waals surface area contributed by atoms with Crippen molar-refractivity contribution in [1.82, 2.24) is 34.4 Å². The van der Waals surface area contributed by atoms with Gasteiger partial charge < -0.3 is 4.74 Å². The second kappa shape index (κ2) is 6.44. The van der Waals surface area contributed by atoms with Crippen LogP contribution in [0.25, 0.3) is 5.78 Å². The molecule has 2 aliphatic rings. The third kappa shape index (κ3) is 2.99. The van der Waals surface area contributed by atoms with Crippen molar-refractivity contribution in [2.45, 2.75) is 31.9 Å². The van der Waals surface area contributed by atoms with E-state index in [0.717, 1.165) is 48.7 Å². The van der Waals surface area contributed by atoms with E-state index in [-0.39, 0.29) is 0 Å². The summed E-state index contributed by atoms with van der Waals surface area (Å²) < 4.78 is 7.14. The number of rotatable bonds is 6. The van der Waals surface area contributed by atoms with Crippen LogP contribution in [0.15, 0.2) is 24.7 Å². The standard InChI is InChI=1S/C18H23N7O/c1-26-11-16-21-17(23-22-16)15-10-24(9-14(15)12-3-4-12)7-13-8-25-6-2-5-19-18(25)20-13/h2,5-6,8,12,14-15H,3-4,7,9-11H2,1H3,(H,21,22,23)/t14-,15+/m1/s1. The molecule has 8 nitrogen and oxygen atoms in total. The lowest BCUT2D eigenvalue weighted by Crippen LogP contribution is -2.20. The van der Waals surface area contributed by atoms with Gasteiger partial charge in [-0.25, -0.2) is 15.0 Å². The molecule has 2 atom stereocenters. The van der Waals surface area contributed by atoms with Crippen LogP contribution in [0, 0.1) is 11.8 Å². The number of methoxy groups -OCH3 is 1. The van der Waals surface area contributed by atoms with Crippen LogP contribution in [0.4, 0.5) is 0 Å². The molecule has 0 amide bonds. The smallest absolute Gasteiger partial charge is 0.233 e. The van der Waals surface area contributed by atoms with Crippen molar-refractivity contribution in [1.29, 1.82) is 0 Å². The number of likely N-dealkylation sites (tertiary alicyclic amines) is 1. The molecule has 0 aromatic carbocycles. The maximum atomic E-state index is 5.16. The molecule has 5 rings (SSSR count). The maximum absolute atomic E-state index is 5.16. The molecule has 1 N–H and O–H groups in total. The van der Waals surface area contributed by atoms with Crippen LogP contribution < -0.4 is 0 Å². The predicted molar refractivity (Wildman–Crippen MR) is 94.3 cm³/mol. The summed E-state index contributed by atoms with van der Waals surface area (Å²) in [5.74, 6) is 4.35. The van der Waals surface area contributed by atoms with Gasteiger partial charge in [0.25, 0.3) is 0 Å². The number of hydrogen-bond donors (Lipinski definition) is 1. The number of H-pyrrole nitrogens is 1. The van der Waals surface area contributed by atoms with Crippen molar-refractivity contribution in [2.24, 2.45) is 11.8 Å². The minimum absolute atomic E-state index is 0.388. The first kappa shape index (κ1) is 15.9. The Kier molecular flexibility index (Phi) is 3.94. The molecular weight excluding hydrogens is 330 g/mol. The largest absolute Gasteiger partial charge is 0.377 e. The van der Waals surface area contributed by atoms with E-state index in [1.807, 2.05) is 16.7 Å². The van der Waals surface area contributed by atoms with Crippen LogP contribution in [-0.2, 0) is 17.9 Å². The highest BCUT2D eigenvalue weighted by atomic mass is 16.5. The Morgan fingerprint density at radius 1 is 1.27 bits per heavy atom. The summed E-state index contributed by atoms with van der Waals surface area (Å²) in [6.45, 7) is 3.39. The van der Waals surface area contributed by atoms with E-state index in [4.69, 9.17) is 4.74 Å². The molecule has 0 radical (unpaired) electrons. The lowest BCUT2D eigenvalue weighted by Gasteiger charge is -2.14. The number of nitrogens with zero attached hydrogens (tertiary/aromatic N) is 6. The van der Waals surface area contributed by atoms with Gasteiger partial charge in [-0.3, -0.25) is 14.4 Å². The topological polar surface area (TPSA) is 84.2 Å². The van der Waals surface area contributed by atoms with Gasteiger partial charge >= 0.3 is 0 Å². The van der Waals surface area contributed by atoms with Crippen LogP contribution in [0.5, 0.6) is 0 Å². The van der Waals surface area contributed by atoms with Gasteiger partial charge in [0.15, 0.2) is 11.6 Å². The molecular formula is C18H23N7O. The average Bonchev–Trinajstić information content (AvgIpc) is 3.05. The van der Waals surface area contributed by atoms with E-state index < -0.39 is 0 Å². The first-order chi connectivity index (χ1) is 12.8. The minimum Gasteiger partial charge on any atom is -0.377 e. The number of aromatic amines is 1. The highest BCUT2D eigenvalue weighted by molar-refractivity contribution is 5.29. The highest BCUT2D eigenvalue weighted by Crippen LogP contribution is 2.47. The van der Waals surface area contributed by atoms with Crippen molar-refractivity contribution in [2.75, 3.05) is 20.2 Å². The lowest BCUT2D eigenvalue weighted by molar-refractivity contribution is 0.178. The molecule has 2 fully saturated rings. The van der Waals surface area contributed by atoms with Crippen LogP contribution >= 0.6 is 0 Å². The number of imidazole rings is 1. The van der Waals surface area contributed by atoms with Gasteiger partial charge in [0, 0.05) is 51.3 Å². The molecule has 4 heterocycles. The quantitative estimate of drug-likeness (QED) is 0.725. The van der Waals surface area contributed by atoms with Crippen LogP contribution in [0.1, 0.15) is 36.1 Å². The van der Waals surface area contributed by atoms with Crippen molar-refractivity contribution in [3.8, 4) is 0 Å².